The first-order chi connectivity index (χ1) is 6.38. The number of nitrogens with zero attached hydrogens (tertiary/aromatic N) is 2. The van der Waals surface area contributed by atoms with E-state index in [9.17, 15) is 0 Å². The summed E-state index contributed by atoms with van der Waals surface area (Å²) in [6.45, 7) is 3.08. The standard InChI is InChI=1S/C8H11N3OS/c9-8(7-5-10-6-13-7)11-1-3-12-4-2-11/h5-6,9H,1-4H2. The molecule has 1 aliphatic heterocycles. The Morgan fingerprint density at radius 2 is 2.31 bits per heavy atom. The number of hydrogen-bond acceptors (Lipinski definition) is 4. The van der Waals surface area contributed by atoms with Crippen molar-refractivity contribution in [1.82, 2.24) is 9.88 Å². The largest absolute Gasteiger partial charge is 0.378 e. The summed E-state index contributed by atoms with van der Waals surface area (Å²) in [5.74, 6) is 0.575. The molecule has 0 saturated carbocycles. The summed E-state index contributed by atoms with van der Waals surface area (Å²) in [5.41, 5.74) is 1.75. The lowest BCUT2D eigenvalue weighted by Crippen LogP contribution is -2.40. The molecule has 2 rings (SSSR count). The molecule has 0 atom stereocenters. The van der Waals surface area contributed by atoms with Crippen LogP contribution in [0.15, 0.2) is 11.7 Å². The van der Waals surface area contributed by atoms with Crippen LogP contribution < -0.4 is 0 Å². The highest BCUT2D eigenvalue weighted by Crippen LogP contribution is 2.10. The van der Waals surface area contributed by atoms with Crippen LogP contribution in [0, 0.1) is 5.41 Å². The molecule has 1 saturated heterocycles. The third kappa shape index (κ3) is 1.87. The molecule has 0 amide bonds. The van der Waals surface area contributed by atoms with Gasteiger partial charge in [-0.15, -0.1) is 11.3 Å². The predicted molar refractivity (Wildman–Crippen MR) is 51.3 cm³/mol. The second-order valence-corrected chi connectivity index (χ2v) is 3.70. The second-order valence-electron chi connectivity index (χ2n) is 2.81. The van der Waals surface area contributed by atoms with E-state index in [1.54, 1.807) is 11.7 Å². The second kappa shape index (κ2) is 3.85. The van der Waals surface area contributed by atoms with Crippen molar-refractivity contribution in [2.75, 3.05) is 26.3 Å². The molecule has 1 aromatic rings. The van der Waals surface area contributed by atoms with Crippen molar-refractivity contribution in [2.24, 2.45) is 0 Å². The van der Waals surface area contributed by atoms with E-state index in [0.29, 0.717) is 5.84 Å². The Bertz CT molecular complexity index is 280. The molecule has 0 unspecified atom stereocenters. The lowest BCUT2D eigenvalue weighted by Gasteiger charge is -2.28. The zero-order chi connectivity index (χ0) is 9.10. The molecule has 1 fully saturated rings. The molecule has 0 bridgehead atoms. The Kier molecular flexibility index (Phi) is 2.56. The molecule has 70 valence electrons. The van der Waals surface area contributed by atoms with Gasteiger partial charge in [0.15, 0.2) is 0 Å². The first-order valence-electron chi connectivity index (χ1n) is 4.18. The van der Waals surface area contributed by atoms with Crippen LogP contribution in [-0.2, 0) is 4.74 Å². The van der Waals surface area contributed by atoms with E-state index in [1.807, 2.05) is 4.90 Å². The maximum Gasteiger partial charge on any atom is 0.140 e. The average molecular weight is 197 g/mol. The predicted octanol–water partition coefficient (Wildman–Crippen LogP) is 0.801. The number of ether oxygens (including phenoxy) is 1. The number of nitrogens with one attached hydrogen (secondary N) is 1. The third-order valence-electron chi connectivity index (χ3n) is 1.99. The Labute approximate surface area is 80.7 Å². The Morgan fingerprint density at radius 3 is 2.92 bits per heavy atom. The van der Waals surface area contributed by atoms with Crippen molar-refractivity contribution >= 4 is 17.2 Å². The van der Waals surface area contributed by atoms with Gasteiger partial charge in [0, 0.05) is 19.3 Å². The van der Waals surface area contributed by atoms with E-state index >= 15 is 0 Å². The minimum absolute atomic E-state index is 0.575. The first kappa shape index (κ1) is 8.65. The summed E-state index contributed by atoms with van der Waals surface area (Å²) < 4.78 is 5.22. The molecule has 0 aliphatic carbocycles. The van der Waals surface area contributed by atoms with Gasteiger partial charge in [0.2, 0.25) is 0 Å². The van der Waals surface area contributed by atoms with Crippen LogP contribution in [0.4, 0.5) is 0 Å². The molecule has 0 aromatic carbocycles. The maximum absolute atomic E-state index is 7.88. The summed E-state index contributed by atoms with van der Waals surface area (Å²) in [7, 11) is 0. The Morgan fingerprint density at radius 1 is 1.54 bits per heavy atom. The van der Waals surface area contributed by atoms with E-state index in [-0.39, 0.29) is 0 Å². The minimum atomic E-state index is 0.575. The molecule has 4 nitrogen and oxygen atoms in total. The van der Waals surface area contributed by atoms with Crippen molar-refractivity contribution in [3.8, 4) is 0 Å². The fraction of sp³-hybridized carbons (Fsp3) is 0.500. The Hall–Kier alpha value is -0.940. The Balaban J connectivity index is 2.04. The van der Waals surface area contributed by atoms with Crippen LogP contribution in [-0.4, -0.2) is 42.0 Å². The van der Waals surface area contributed by atoms with E-state index in [4.69, 9.17) is 10.1 Å². The molecule has 2 heterocycles. The number of rotatable bonds is 1. The average Bonchev–Trinajstić information content (AvgIpc) is 2.71. The molecule has 13 heavy (non-hydrogen) atoms. The van der Waals surface area contributed by atoms with E-state index in [1.165, 1.54) is 11.3 Å². The monoisotopic (exact) mass is 197 g/mol. The topological polar surface area (TPSA) is 49.2 Å². The zero-order valence-corrected chi connectivity index (χ0v) is 8.01. The minimum Gasteiger partial charge on any atom is -0.378 e. The number of morpholine rings is 1. The summed E-state index contributed by atoms with van der Waals surface area (Å²) in [5, 5.41) is 7.88. The van der Waals surface area contributed by atoms with Gasteiger partial charge in [0.1, 0.15) is 5.84 Å². The van der Waals surface area contributed by atoms with Crippen molar-refractivity contribution in [2.45, 2.75) is 0 Å². The highest BCUT2D eigenvalue weighted by Gasteiger charge is 2.15. The highest BCUT2D eigenvalue weighted by atomic mass is 32.1. The van der Waals surface area contributed by atoms with Crippen LogP contribution in [0.2, 0.25) is 0 Å². The van der Waals surface area contributed by atoms with Gasteiger partial charge in [-0.2, -0.15) is 0 Å². The molecular formula is C8H11N3OS. The summed E-state index contributed by atoms with van der Waals surface area (Å²) >= 11 is 1.51. The van der Waals surface area contributed by atoms with E-state index < -0.39 is 0 Å². The lowest BCUT2D eigenvalue weighted by molar-refractivity contribution is 0.0680. The van der Waals surface area contributed by atoms with Gasteiger partial charge in [-0.25, -0.2) is 0 Å². The van der Waals surface area contributed by atoms with Crippen molar-refractivity contribution in [3.63, 3.8) is 0 Å². The van der Waals surface area contributed by atoms with Crippen molar-refractivity contribution < 1.29 is 4.74 Å². The molecular weight excluding hydrogens is 186 g/mol. The van der Waals surface area contributed by atoms with Crippen LogP contribution >= 0.6 is 11.3 Å². The van der Waals surface area contributed by atoms with Gasteiger partial charge < -0.3 is 9.64 Å². The zero-order valence-electron chi connectivity index (χ0n) is 7.19. The number of amidine groups is 1. The van der Waals surface area contributed by atoms with Crippen molar-refractivity contribution in [3.05, 3.63) is 16.6 Å². The molecule has 1 N–H and O–H groups in total. The molecule has 0 radical (unpaired) electrons. The van der Waals surface area contributed by atoms with Gasteiger partial charge in [-0.1, -0.05) is 0 Å². The van der Waals surface area contributed by atoms with Crippen molar-refractivity contribution in [1.29, 1.82) is 5.41 Å². The van der Waals surface area contributed by atoms with E-state index in [0.717, 1.165) is 31.2 Å². The van der Waals surface area contributed by atoms with Crippen LogP contribution in [0.5, 0.6) is 0 Å². The molecule has 0 spiro atoms. The SMILES string of the molecule is N=C(c1cncs1)N1CCOCC1. The van der Waals surface area contributed by atoms with Gasteiger partial charge >= 0.3 is 0 Å². The number of thiazole rings is 1. The van der Waals surface area contributed by atoms with Crippen LogP contribution in [0.25, 0.3) is 0 Å². The maximum atomic E-state index is 7.88. The fourth-order valence-electron chi connectivity index (χ4n) is 1.28. The lowest BCUT2D eigenvalue weighted by atomic mass is 10.3. The first-order valence-corrected chi connectivity index (χ1v) is 5.06. The quantitative estimate of drug-likeness (QED) is 0.535. The number of hydrogen-bond donors (Lipinski definition) is 1. The van der Waals surface area contributed by atoms with Gasteiger partial charge in [0.25, 0.3) is 0 Å². The third-order valence-corrected chi connectivity index (χ3v) is 2.77. The fourth-order valence-corrected chi connectivity index (χ4v) is 1.87. The normalized spacial score (nSPS) is 17.4. The molecule has 1 aliphatic rings. The van der Waals surface area contributed by atoms with Gasteiger partial charge in [-0.3, -0.25) is 10.4 Å². The molecule has 5 heteroatoms. The van der Waals surface area contributed by atoms with Gasteiger partial charge in [0.05, 0.1) is 23.6 Å². The highest BCUT2D eigenvalue weighted by molar-refractivity contribution is 7.11. The van der Waals surface area contributed by atoms with E-state index in [2.05, 4.69) is 4.98 Å². The summed E-state index contributed by atoms with van der Waals surface area (Å²) in [6.07, 6.45) is 1.74. The molecule has 1 aromatic heterocycles. The van der Waals surface area contributed by atoms with Gasteiger partial charge in [-0.05, 0) is 0 Å². The van der Waals surface area contributed by atoms with Crippen LogP contribution in [0.3, 0.4) is 0 Å². The summed E-state index contributed by atoms with van der Waals surface area (Å²) in [4.78, 5) is 6.91. The van der Waals surface area contributed by atoms with Crippen LogP contribution in [0.1, 0.15) is 4.88 Å². The summed E-state index contributed by atoms with van der Waals surface area (Å²) in [6, 6.07) is 0. The number of aromatic nitrogens is 1. The smallest absolute Gasteiger partial charge is 0.140 e.